The van der Waals surface area contributed by atoms with E-state index in [0.29, 0.717) is 17.4 Å². The topological polar surface area (TPSA) is 85.2 Å². The third-order valence-electron chi connectivity index (χ3n) is 5.39. The van der Waals surface area contributed by atoms with Crippen molar-refractivity contribution in [1.29, 1.82) is 0 Å². The lowest BCUT2D eigenvalue weighted by Crippen LogP contribution is -2.38. The standard InChI is InChI=1S/C22H25ClN6O2/c1-31-19-6-4-5-17(13-19)20(28-11-2-3-12-28)14-24-21(30)15-29-26-22(25-27-29)16-7-9-18(23)10-8-16/h4-10,13,20H,2-3,11-12,14-15H2,1H3,(H,24,30). The van der Waals surface area contributed by atoms with Gasteiger partial charge < -0.3 is 10.1 Å². The van der Waals surface area contributed by atoms with Gasteiger partial charge in [0.05, 0.1) is 13.2 Å². The van der Waals surface area contributed by atoms with Crippen molar-refractivity contribution in [2.24, 2.45) is 0 Å². The molecule has 3 aromatic rings. The number of halogens is 1. The fourth-order valence-corrected chi connectivity index (χ4v) is 3.91. The number of amides is 1. The Morgan fingerprint density at radius 2 is 1.97 bits per heavy atom. The molecule has 0 spiro atoms. The summed E-state index contributed by atoms with van der Waals surface area (Å²) in [6.45, 7) is 2.55. The number of ether oxygens (including phenoxy) is 1. The van der Waals surface area contributed by atoms with E-state index in [-0.39, 0.29) is 18.5 Å². The molecule has 1 aliphatic rings. The largest absolute Gasteiger partial charge is 0.497 e. The minimum absolute atomic E-state index is 0.00538. The summed E-state index contributed by atoms with van der Waals surface area (Å²) in [6.07, 6.45) is 2.34. The van der Waals surface area contributed by atoms with E-state index < -0.39 is 0 Å². The Balaban J connectivity index is 1.39. The molecule has 0 radical (unpaired) electrons. The van der Waals surface area contributed by atoms with E-state index in [1.165, 1.54) is 17.6 Å². The van der Waals surface area contributed by atoms with E-state index in [0.717, 1.165) is 30.0 Å². The van der Waals surface area contributed by atoms with E-state index >= 15 is 0 Å². The van der Waals surface area contributed by atoms with Crippen LogP contribution < -0.4 is 10.1 Å². The zero-order valence-corrected chi connectivity index (χ0v) is 18.1. The van der Waals surface area contributed by atoms with Gasteiger partial charge in [-0.25, -0.2) is 0 Å². The summed E-state index contributed by atoms with van der Waals surface area (Å²) in [7, 11) is 1.66. The molecule has 1 unspecified atom stereocenters. The van der Waals surface area contributed by atoms with Gasteiger partial charge in [-0.1, -0.05) is 23.7 Å². The van der Waals surface area contributed by atoms with Gasteiger partial charge in [-0.05, 0) is 73.1 Å². The third kappa shape index (κ3) is 5.39. The van der Waals surface area contributed by atoms with E-state index in [2.05, 4.69) is 31.7 Å². The van der Waals surface area contributed by atoms with Crippen LogP contribution in [-0.4, -0.2) is 57.8 Å². The molecule has 0 aliphatic carbocycles. The van der Waals surface area contributed by atoms with Gasteiger partial charge in [0.15, 0.2) is 0 Å². The molecule has 9 heteroatoms. The smallest absolute Gasteiger partial charge is 0.243 e. The number of benzene rings is 2. The molecule has 8 nitrogen and oxygen atoms in total. The van der Waals surface area contributed by atoms with Gasteiger partial charge in [0.25, 0.3) is 0 Å². The van der Waals surface area contributed by atoms with E-state index in [9.17, 15) is 4.79 Å². The first-order valence-corrected chi connectivity index (χ1v) is 10.7. The molecule has 0 bridgehead atoms. The molecular weight excluding hydrogens is 416 g/mol. The normalized spacial score (nSPS) is 15.0. The van der Waals surface area contributed by atoms with Gasteiger partial charge in [0.2, 0.25) is 11.7 Å². The van der Waals surface area contributed by atoms with Gasteiger partial charge >= 0.3 is 0 Å². The van der Waals surface area contributed by atoms with Crippen LogP contribution in [0.4, 0.5) is 0 Å². The molecule has 0 saturated carbocycles. The van der Waals surface area contributed by atoms with Crippen LogP contribution in [0.25, 0.3) is 11.4 Å². The Hall–Kier alpha value is -2.97. The predicted molar refractivity (Wildman–Crippen MR) is 118 cm³/mol. The van der Waals surface area contributed by atoms with Crippen molar-refractivity contribution in [3.8, 4) is 17.1 Å². The lowest BCUT2D eigenvalue weighted by Gasteiger charge is -2.28. The molecule has 4 rings (SSSR count). The number of hydrogen-bond acceptors (Lipinski definition) is 6. The van der Waals surface area contributed by atoms with E-state index in [1.54, 1.807) is 19.2 Å². The summed E-state index contributed by atoms with van der Waals surface area (Å²) >= 11 is 5.92. The van der Waals surface area contributed by atoms with Crippen molar-refractivity contribution >= 4 is 17.5 Å². The van der Waals surface area contributed by atoms with Crippen molar-refractivity contribution in [2.75, 3.05) is 26.7 Å². The minimum Gasteiger partial charge on any atom is -0.497 e. The van der Waals surface area contributed by atoms with Crippen molar-refractivity contribution in [1.82, 2.24) is 30.4 Å². The number of methoxy groups -OCH3 is 1. The number of rotatable bonds is 8. The summed E-state index contributed by atoms with van der Waals surface area (Å²) in [6, 6.07) is 15.3. The molecule has 1 aliphatic heterocycles. The number of tetrazole rings is 1. The number of carbonyl (C=O) groups is 1. The maximum Gasteiger partial charge on any atom is 0.243 e. The van der Waals surface area contributed by atoms with Crippen molar-refractivity contribution in [3.05, 3.63) is 59.1 Å². The maximum atomic E-state index is 12.6. The summed E-state index contributed by atoms with van der Waals surface area (Å²) in [5.74, 6) is 1.11. The first kappa shape index (κ1) is 21.3. The highest BCUT2D eigenvalue weighted by Gasteiger charge is 2.24. The molecule has 1 fully saturated rings. The third-order valence-corrected chi connectivity index (χ3v) is 5.64. The number of likely N-dealkylation sites (tertiary alicyclic amines) is 1. The van der Waals surface area contributed by atoms with Gasteiger partial charge in [-0.15, -0.1) is 10.2 Å². The second-order valence-electron chi connectivity index (χ2n) is 7.49. The first-order chi connectivity index (χ1) is 15.1. The number of nitrogens with one attached hydrogen (secondary N) is 1. The highest BCUT2D eigenvalue weighted by Crippen LogP contribution is 2.27. The summed E-state index contributed by atoms with van der Waals surface area (Å²) < 4.78 is 5.38. The summed E-state index contributed by atoms with van der Waals surface area (Å²) in [4.78, 5) is 16.3. The zero-order valence-electron chi connectivity index (χ0n) is 17.4. The summed E-state index contributed by atoms with van der Waals surface area (Å²) in [5, 5.41) is 16.0. The number of carbonyl (C=O) groups excluding carboxylic acids is 1. The maximum absolute atomic E-state index is 12.6. The highest BCUT2D eigenvalue weighted by molar-refractivity contribution is 6.30. The molecular formula is C22H25ClN6O2. The molecule has 2 heterocycles. The molecule has 1 saturated heterocycles. The Morgan fingerprint density at radius 1 is 1.19 bits per heavy atom. The highest BCUT2D eigenvalue weighted by atomic mass is 35.5. The van der Waals surface area contributed by atoms with Crippen molar-refractivity contribution in [2.45, 2.75) is 25.4 Å². The van der Waals surface area contributed by atoms with Crippen LogP contribution in [0.15, 0.2) is 48.5 Å². The minimum atomic E-state index is -0.160. The molecule has 2 aromatic carbocycles. The SMILES string of the molecule is COc1cccc(C(CNC(=O)Cn2nnc(-c3ccc(Cl)cc3)n2)N2CCCC2)c1. The molecule has 162 valence electrons. The molecule has 31 heavy (non-hydrogen) atoms. The predicted octanol–water partition coefficient (Wildman–Crippen LogP) is 2.96. The lowest BCUT2D eigenvalue weighted by atomic mass is 10.0. The Labute approximate surface area is 186 Å². The van der Waals surface area contributed by atoms with Gasteiger partial charge in [-0.3, -0.25) is 9.69 Å². The molecule has 1 atom stereocenters. The zero-order chi connectivity index (χ0) is 21.6. The quantitative estimate of drug-likeness (QED) is 0.579. The van der Waals surface area contributed by atoms with Crippen LogP contribution in [0.5, 0.6) is 5.75 Å². The Morgan fingerprint density at radius 3 is 2.71 bits per heavy atom. The van der Waals surface area contributed by atoms with Crippen LogP contribution in [-0.2, 0) is 11.3 Å². The fourth-order valence-electron chi connectivity index (χ4n) is 3.78. The van der Waals surface area contributed by atoms with Crippen LogP contribution in [0, 0.1) is 0 Å². The van der Waals surface area contributed by atoms with Crippen LogP contribution >= 0.6 is 11.6 Å². The number of nitrogens with zero attached hydrogens (tertiary/aromatic N) is 5. The second kappa shape index (κ2) is 9.89. The van der Waals surface area contributed by atoms with Crippen molar-refractivity contribution < 1.29 is 9.53 Å². The Kier molecular flexibility index (Phi) is 6.79. The van der Waals surface area contributed by atoms with Crippen LogP contribution in [0.1, 0.15) is 24.4 Å². The molecule has 1 N–H and O–H groups in total. The van der Waals surface area contributed by atoms with Gasteiger partial charge in [-0.2, -0.15) is 4.80 Å². The van der Waals surface area contributed by atoms with Crippen LogP contribution in [0.3, 0.4) is 0 Å². The average molecular weight is 441 g/mol. The van der Waals surface area contributed by atoms with Crippen molar-refractivity contribution in [3.63, 3.8) is 0 Å². The monoisotopic (exact) mass is 440 g/mol. The molecule has 1 amide bonds. The fraction of sp³-hybridized carbons (Fsp3) is 0.364. The second-order valence-corrected chi connectivity index (χ2v) is 7.93. The average Bonchev–Trinajstić information content (AvgIpc) is 3.47. The van der Waals surface area contributed by atoms with E-state index in [1.807, 2.05) is 30.3 Å². The first-order valence-electron chi connectivity index (χ1n) is 10.3. The van der Waals surface area contributed by atoms with Crippen LogP contribution in [0.2, 0.25) is 5.02 Å². The molecule has 1 aromatic heterocycles. The van der Waals surface area contributed by atoms with Gasteiger partial charge in [0, 0.05) is 17.1 Å². The van der Waals surface area contributed by atoms with E-state index in [4.69, 9.17) is 16.3 Å². The Bertz CT molecular complexity index is 1020. The van der Waals surface area contributed by atoms with Gasteiger partial charge in [0.1, 0.15) is 12.3 Å². The number of aromatic nitrogens is 4. The summed E-state index contributed by atoms with van der Waals surface area (Å²) in [5.41, 5.74) is 1.92. The number of hydrogen-bond donors (Lipinski definition) is 1. The lowest BCUT2D eigenvalue weighted by molar-refractivity contribution is -0.122.